The van der Waals surface area contributed by atoms with Crippen LogP contribution >= 0.6 is 0 Å². The van der Waals surface area contributed by atoms with Gasteiger partial charge in [0.15, 0.2) is 0 Å². The third-order valence-electron chi connectivity index (χ3n) is 5.02. The second kappa shape index (κ2) is 7.33. The number of aromatic nitrogens is 1. The van der Waals surface area contributed by atoms with Gasteiger partial charge in [-0.15, -0.1) is 0 Å². The molecule has 0 spiro atoms. The summed E-state index contributed by atoms with van der Waals surface area (Å²) < 4.78 is 0. The van der Waals surface area contributed by atoms with E-state index in [0.717, 1.165) is 27.8 Å². The lowest BCUT2D eigenvalue weighted by atomic mass is 10.0. The van der Waals surface area contributed by atoms with Crippen LogP contribution in [0, 0.1) is 0 Å². The lowest BCUT2D eigenvalue weighted by Gasteiger charge is -2.09. The van der Waals surface area contributed by atoms with E-state index in [4.69, 9.17) is 0 Å². The van der Waals surface area contributed by atoms with Gasteiger partial charge in [0.05, 0.1) is 17.1 Å². The molecule has 0 aliphatic carbocycles. The van der Waals surface area contributed by atoms with E-state index in [1.165, 1.54) is 0 Å². The highest BCUT2D eigenvalue weighted by Crippen LogP contribution is 2.31. The summed E-state index contributed by atoms with van der Waals surface area (Å²) in [6, 6.07) is 24.3. The topological polar surface area (TPSA) is 86.3 Å². The van der Waals surface area contributed by atoms with Gasteiger partial charge in [-0.1, -0.05) is 48.5 Å². The fraction of sp³-hybridized carbons (Fsp3) is 0.0417. The Morgan fingerprint density at radius 3 is 2.60 bits per heavy atom. The summed E-state index contributed by atoms with van der Waals surface area (Å²) in [7, 11) is 0. The molecule has 0 saturated carbocycles. The molecule has 3 N–H and O–H groups in total. The molecule has 1 aromatic heterocycles. The molecule has 3 aromatic carbocycles. The SMILES string of the molecule is O=C1CN=C(c2cccc(NC(=O)c3ccccc3)c2)c2[nH]c3ccccc3c2N1. The normalized spacial score (nSPS) is 13.2. The maximum Gasteiger partial charge on any atom is 0.255 e. The van der Waals surface area contributed by atoms with Crippen LogP contribution in [-0.2, 0) is 4.79 Å². The Kier molecular flexibility index (Phi) is 4.37. The number of nitrogens with zero attached hydrogens (tertiary/aromatic N) is 1. The zero-order valence-corrected chi connectivity index (χ0v) is 16.0. The standard InChI is InChI=1S/C24H18N4O2/c29-20-14-25-21(23-22(28-20)18-11-4-5-12-19(18)27-23)16-9-6-10-17(13-16)26-24(30)15-7-2-1-3-8-15/h1-13,27H,14H2,(H,26,30)(H,28,29). The minimum atomic E-state index is -0.182. The number of rotatable bonds is 3. The predicted octanol–water partition coefficient (Wildman–Crippen LogP) is 4.21. The maximum absolute atomic E-state index is 12.5. The van der Waals surface area contributed by atoms with Gasteiger partial charge in [-0.2, -0.15) is 0 Å². The Labute approximate surface area is 172 Å². The summed E-state index contributed by atoms with van der Waals surface area (Å²) in [5.74, 6) is -0.344. The molecule has 4 aromatic rings. The molecule has 146 valence electrons. The third kappa shape index (κ3) is 3.24. The Balaban J connectivity index is 1.54. The summed E-state index contributed by atoms with van der Waals surface area (Å²) >= 11 is 0. The van der Waals surface area contributed by atoms with Gasteiger partial charge in [-0.05, 0) is 30.3 Å². The second-order valence-electron chi connectivity index (χ2n) is 7.03. The number of carbonyl (C=O) groups is 2. The Hall–Kier alpha value is -4.19. The number of hydrogen-bond acceptors (Lipinski definition) is 3. The quantitative estimate of drug-likeness (QED) is 0.486. The summed E-state index contributed by atoms with van der Waals surface area (Å²) in [6.45, 7) is 0.0345. The van der Waals surface area contributed by atoms with Gasteiger partial charge in [0, 0.05) is 27.7 Å². The zero-order valence-electron chi connectivity index (χ0n) is 16.0. The average Bonchev–Trinajstić information content (AvgIpc) is 3.04. The number of carbonyl (C=O) groups excluding carboxylic acids is 2. The number of para-hydroxylation sites is 1. The highest BCUT2D eigenvalue weighted by Gasteiger charge is 2.22. The molecule has 6 heteroatoms. The molecule has 0 radical (unpaired) electrons. The average molecular weight is 394 g/mol. The molecule has 0 atom stereocenters. The first-order valence-electron chi connectivity index (χ1n) is 9.61. The van der Waals surface area contributed by atoms with E-state index in [1.54, 1.807) is 12.1 Å². The third-order valence-corrected chi connectivity index (χ3v) is 5.02. The van der Waals surface area contributed by atoms with Crippen molar-refractivity contribution in [3.63, 3.8) is 0 Å². The van der Waals surface area contributed by atoms with Crippen LogP contribution in [0.1, 0.15) is 21.6 Å². The highest BCUT2D eigenvalue weighted by molar-refractivity contribution is 6.23. The number of nitrogens with one attached hydrogen (secondary N) is 3. The fourth-order valence-corrected chi connectivity index (χ4v) is 3.63. The van der Waals surface area contributed by atoms with Crippen LogP contribution in [0.5, 0.6) is 0 Å². The van der Waals surface area contributed by atoms with Crippen LogP contribution in [0.3, 0.4) is 0 Å². The van der Waals surface area contributed by atoms with Crippen molar-refractivity contribution in [2.75, 3.05) is 17.2 Å². The number of H-pyrrole nitrogens is 1. The molecule has 1 aliphatic heterocycles. The summed E-state index contributed by atoms with van der Waals surface area (Å²) in [4.78, 5) is 32.7. The zero-order chi connectivity index (χ0) is 20.5. The van der Waals surface area contributed by atoms with E-state index in [0.29, 0.717) is 17.0 Å². The van der Waals surface area contributed by atoms with Crippen LogP contribution in [0.4, 0.5) is 11.4 Å². The summed E-state index contributed by atoms with van der Waals surface area (Å²) in [5.41, 5.74) is 5.14. The van der Waals surface area contributed by atoms with Crippen molar-refractivity contribution in [1.29, 1.82) is 0 Å². The van der Waals surface area contributed by atoms with Crippen LogP contribution in [0.2, 0.25) is 0 Å². The molecular weight excluding hydrogens is 376 g/mol. The van der Waals surface area contributed by atoms with Gasteiger partial charge in [-0.25, -0.2) is 0 Å². The van der Waals surface area contributed by atoms with Crippen LogP contribution < -0.4 is 10.6 Å². The number of benzene rings is 3. The molecule has 0 unspecified atom stereocenters. The van der Waals surface area contributed by atoms with Crippen molar-refractivity contribution in [1.82, 2.24) is 4.98 Å². The van der Waals surface area contributed by atoms with E-state index in [-0.39, 0.29) is 18.4 Å². The summed E-state index contributed by atoms with van der Waals surface area (Å²) in [6.07, 6.45) is 0. The van der Waals surface area contributed by atoms with Crippen LogP contribution in [0.25, 0.3) is 10.9 Å². The first kappa shape index (κ1) is 17.9. The van der Waals surface area contributed by atoms with Crippen molar-refractivity contribution in [2.45, 2.75) is 0 Å². The van der Waals surface area contributed by atoms with Crippen molar-refractivity contribution >= 4 is 39.8 Å². The number of amides is 2. The van der Waals surface area contributed by atoms with Gasteiger partial charge in [0.2, 0.25) is 5.91 Å². The van der Waals surface area contributed by atoms with Gasteiger partial charge in [-0.3, -0.25) is 14.6 Å². The smallest absolute Gasteiger partial charge is 0.255 e. The van der Waals surface area contributed by atoms with Crippen molar-refractivity contribution in [3.8, 4) is 0 Å². The molecule has 1 aliphatic rings. The monoisotopic (exact) mass is 394 g/mol. The molecular formula is C24H18N4O2. The van der Waals surface area contributed by atoms with Gasteiger partial charge in [0.25, 0.3) is 5.91 Å². The maximum atomic E-state index is 12.5. The number of hydrogen-bond donors (Lipinski definition) is 3. The molecule has 2 amide bonds. The molecule has 0 saturated heterocycles. The highest BCUT2D eigenvalue weighted by atomic mass is 16.2. The van der Waals surface area contributed by atoms with Gasteiger partial charge < -0.3 is 15.6 Å². The van der Waals surface area contributed by atoms with Crippen LogP contribution in [0.15, 0.2) is 83.9 Å². The van der Waals surface area contributed by atoms with Gasteiger partial charge >= 0.3 is 0 Å². The lowest BCUT2D eigenvalue weighted by Crippen LogP contribution is -2.13. The molecule has 0 fully saturated rings. The number of aliphatic imine (C=N–C) groups is 1. The van der Waals surface area contributed by atoms with Crippen molar-refractivity contribution in [3.05, 3.63) is 95.7 Å². The van der Waals surface area contributed by atoms with E-state index in [1.807, 2.05) is 66.7 Å². The number of anilines is 2. The first-order chi connectivity index (χ1) is 14.7. The van der Waals surface area contributed by atoms with Crippen molar-refractivity contribution in [2.24, 2.45) is 4.99 Å². The Morgan fingerprint density at radius 2 is 1.73 bits per heavy atom. The first-order valence-corrected chi connectivity index (χ1v) is 9.61. The molecule has 5 rings (SSSR count). The summed E-state index contributed by atoms with van der Waals surface area (Å²) in [5, 5.41) is 6.82. The molecule has 0 bridgehead atoms. The number of aromatic amines is 1. The lowest BCUT2D eigenvalue weighted by molar-refractivity contribution is -0.114. The largest absolute Gasteiger partial charge is 0.351 e. The Bertz CT molecular complexity index is 1310. The second-order valence-corrected chi connectivity index (χ2v) is 7.03. The van der Waals surface area contributed by atoms with Gasteiger partial charge in [0.1, 0.15) is 6.54 Å². The molecule has 6 nitrogen and oxygen atoms in total. The van der Waals surface area contributed by atoms with E-state index in [9.17, 15) is 9.59 Å². The minimum absolute atomic E-state index is 0.0345. The molecule has 2 heterocycles. The van der Waals surface area contributed by atoms with E-state index in [2.05, 4.69) is 20.6 Å². The van der Waals surface area contributed by atoms with E-state index < -0.39 is 0 Å². The Morgan fingerprint density at radius 1 is 0.933 bits per heavy atom. The van der Waals surface area contributed by atoms with Crippen LogP contribution in [-0.4, -0.2) is 29.1 Å². The molecule has 30 heavy (non-hydrogen) atoms. The van der Waals surface area contributed by atoms with Crippen molar-refractivity contribution < 1.29 is 9.59 Å². The fourth-order valence-electron chi connectivity index (χ4n) is 3.63. The minimum Gasteiger partial charge on any atom is -0.351 e. The predicted molar refractivity (Wildman–Crippen MR) is 118 cm³/mol. The van der Waals surface area contributed by atoms with E-state index >= 15 is 0 Å². The number of fused-ring (bicyclic) bond motifs is 3.